The van der Waals surface area contributed by atoms with Gasteiger partial charge in [-0.1, -0.05) is 26.8 Å². The molecular weight excluding hydrogens is 177 g/mol. The van der Waals surface area contributed by atoms with E-state index in [0.717, 1.165) is 5.56 Å². The van der Waals surface area contributed by atoms with Crippen LogP contribution >= 0.6 is 0 Å². The Morgan fingerprint density at radius 2 is 1.93 bits per heavy atom. The molecule has 2 heteroatoms. The molecule has 0 aromatic heterocycles. The Morgan fingerprint density at radius 1 is 1.29 bits per heavy atom. The molecule has 0 aliphatic heterocycles. The first kappa shape index (κ1) is 10.7. The summed E-state index contributed by atoms with van der Waals surface area (Å²) in [7, 11) is 0. The van der Waals surface area contributed by atoms with Crippen LogP contribution < -0.4 is 0 Å². The molecule has 0 N–H and O–H groups in total. The molecule has 0 aliphatic carbocycles. The van der Waals surface area contributed by atoms with Crippen molar-refractivity contribution in [2.45, 2.75) is 26.7 Å². The lowest BCUT2D eigenvalue weighted by Crippen LogP contribution is -2.02. The third-order valence-corrected chi connectivity index (χ3v) is 2.60. The van der Waals surface area contributed by atoms with Gasteiger partial charge in [0.15, 0.2) is 5.69 Å². The quantitative estimate of drug-likeness (QED) is 0.619. The molecular formula is C12H14FN. The third kappa shape index (κ3) is 2.11. The Kier molecular flexibility index (Phi) is 3.24. The van der Waals surface area contributed by atoms with E-state index in [9.17, 15) is 4.39 Å². The van der Waals surface area contributed by atoms with Crippen LogP contribution in [0, 0.1) is 18.3 Å². The molecule has 1 aromatic rings. The van der Waals surface area contributed by atoms with Crippen molar-refractivity contribution in [1.82, 2.24) is 0 Å². The summed E-state index contributed by atoms with van der Waals surface area (Å²) in [6.07, 6.45) is 0. The first-order valence-electron chi connectivity index (χ1n) is 4.73. The molecule has 0 bridgehead atoms. The number of rotatable bonds is 2. The van der Waals surface area contributed by atoms with Crippen molar-refractivity contribution >= 4 is 5.69 Å². The van der Waals surface area contributed by atoms with Gasteiger partial charge >= 0.3 is 0 Å². The van der Waals surface area contributed by atoms with Crippen LogP contribution in [0.3, 0.4) is 0 Å². The summed E-state index contributed by atoms with van der Waals surface area (Å²) in [6, 6.07) is 4.36. The number of hydrogen-bond donors (Lipinski definition) is 0. The summed E-state index contributed by atoms with van der Waals surface area (Å²) in [5.74, 6) is 0.368. The molecule has 0 saturated carbocycles. The van der Waals surface area contributed by atoms with Crippen molar-refractivity contribution in [2.75, 3.05) is 0 Å². The van der Waals surface area contributed by atoms with Crippen LogP contribution in [0.1, 0.15) is 32.3 Å². The molecule has 0 amide bonds. The van der Waals surface area contributed by atoms with Gasteiger partial charge in [0.2, 0.25) is 0 Å². The molecule has 1 rings (SSSR count). The summed E-state index contributed by atoms with van der Waals surface area (Å²) in [5.41, 5.74) is 1.38. The highest BCUT2D eigenvalue weighted by atomic mass is 19.1. The molecule has 0 fully saturated rings. The van der Waals surface area contributed by atoms with Crippen LogP contribution in [0.15, 0.2) is 18.2 Å². The molecule has 1 unspecified atom stereocenters. The summed E-state index contributed by atoms with van der Waals surface area (Å²) >= 11 is 0. The Morgan fingerprint density at radius 3 is 2.43 bits per heavy atom. The lowest BCUT2D eigenvalue weighted by atomic mass is 9.89. The van der Waals surface area contributed by atoms with E-state index in [0.29, 0.717) is 11.6 Å². The van der Waals surface area contributed by atoms with E-state index in [4.69, 9.17) is 6.57 Å². The average molecular weight is 191 g/mol. The topological polar surface area (TPSA) is 4.36 Å². The van der Waals surface area contributed by atoms with Gasteiger partial charge in [0.1, 0.15) is 5.82 Å². The Hall–Kier alpha value is -1.36. The van der Waals surface area contributed by atoms with Crippen molar-refractivity contribution in [2.24, 2.45) is 5.92 Å². The van der Waals surface area contributed by atoms with Gasteiger partial charge in [-0.3, -0.25) is 0 Å². The standard InChI is InChI=1S/C12H14FN/c1-8(2)9(3)11-7-10(13)5-6-12(11)14-4/h5-9H,1-3H3. The Labute approximate surface area is 84.4 Å². The van der Waals surface area contributed by atoms with E-state index in [2.05, 4.69) is 18.7 Å². The molecule has 74 valence electrons. The van der Waals surface area contributed by atoms with Crippen LogP contribution in [0.4, 0.5) is 10.1 Å². The van der Waals surface area contributed by atoms with Gasteiger partial charge in [-0.05, 0) is 29.5 Å². The fourth-order valence-corrected chi connectivity index (χ4v) is 1.35. The van der Waals surface area contributed by atoms with Crippen molar-refractivity contribution in [3.63, 3.8) is 0 Å². The second-order valence-corrected chi connectivity index (χ2v) is 3.85. The minimum atomic E-state index is -0.264. The highest BCUT2D eigenvalue weighted by Gasteiger charge is 2.14. The molecule has 0 aliphatic rings. The highest BCUT2D eigenvalue weighted by molar-refractivity contribution is 5.53. The SMILES string of the molecule is [C-]#[N+]c1ccc(F)cc1C(C)C(C)C. The van der Waals surface area contributed by atoms with E-state index >= 15 is 0 Å². The minimum absolute atomic E-state index is 0.217. The maximum Gasteiger partial charge on any atom is 0.190 e. The Bertz CT molecular complexity index is 363. The van der Waals surface area contributed by atoms with Crippen LogP contribution in [0.2, 0.25) is 0 Å². The zero-order valence-electron chi connectivity index (χ0n) is 8.71. The normalized spacial score (nSPS) is 12.6. The smallest absolute Gasteiger partial charge is 0.190 e. The Balaban J connectivity index is 3.18. The van der Waals surface area contributed by atoms with Gasteiger partial charge in [0, 0.05) is 0 Å². The second kappa shape index (κ2) is 4.23. The average Bonchev–Trinajstić information content (AvgIpc) is 2.16. The lowest BCUT2D eigenvalue weighted by Gasteiger charge is -2.17. The van der Waals surface area contributed by atoms with Crippen LogP contribution in [0.25, 0.3) is 4.85 Å². The van der Waals surface area contributed by atoms with Gasteiger partial charge in [-0.2, -0.15) is 0 Å². The summed E-state index contributed by atoms with van der Waals surface area (Å²) < 4.78 is 13.0. The van der Waals surface area contributed by atoms with Crippen LogP contribution in [0.5, 0.6) is 0 Å². The van der Waals surface area contributed by atoms with Crippen molar-refractivity contribution in [1.29, 1.82) is 0 Å². The number of nitrogens with zero attached hydrogens (tertiary/aromatic N) is 1. The molecule has 1 atom stereocenters. The van der Waals surface area contributed by atoms with Crippen molar-refractivity contribution in [3.05, 3.63) is 41.0 Å². The molecule has 0 saturated heterocycles. The maximum absolute atomic E-state index is 13.0. The van der Waals surface area contributed by atoms with Gasteiger partial charge in [0.05, 0.1) is 6.57 Å². The number of hydrogen-bond acceptors (Lipinski definition) is 0. The monoisotopic (exact) mass is 191 g/mol. The van der Waals surface area contributed by atoms with Gasteiger partial charge in [-0.25, -0.2) is 9.24 Å². The lowest BCUT2D eigenvalue weighted by molar-refractivity contribution is 0.531. The molecule has 1 nitrogen and oxygen atoms in total. The van der Waals surface area contributed by atoms with E-state index in [1.807, 2.05) is 6.92 Å². The van der Waals surface area contributed by atoms with Crippen LogP contribution in [-0.2, 0) is 0 Å². The first-order valence-corrected chi connectivity index (χ1v) is 4.73. The zero-order valence-corrected chi connectivity index (χ0v) is 8.71. The third-order valence-electron chi connectivity index (χ3n) is 2.60. The number of halogens is 1. The first-order chi connectivity index (χ1) is 6.56. The van der Waals surface area contributed by atoms with E-state index in [1.165, 1.54) is 12.1 Å². The zero-order chi connectivity index (χ0) is 10.7. The summed E-state index contributed by atoms with van der Waals surface area (Å²) in [4.78, 5) is 3.40. The maximum atomic E-state index is 13.0. The largest absolute Gasteiger partial charge is 0.238 e. The fourth-order valence-electron chi connectivity index (χ4n) is 1.35. The molecule has 0 radical (unpaired) electrons. The molecule has 0 spiro atoms. The van der Waals surface area contributed by atoms with Gasteiger partial charge in [0.25, 0.3) is 0 Å². The van der Waals surface area contributed by atoms with Crippen LogP contribution in [-0.4, -0.2) is 0 Å². The van der Waals surface area contributed by atoms with Gasteiger partial charge < -0.3 is 0 Å². The molecule has 1 aromatic carbocycles. The summed E-state index contributed by atoms with van der Waals surface area (Å²) in [5, 5.41) is 0. The highest BCUT2D eigenvalue weighted by Crippen LogP contribution is 2.32. The molecule has 14 heavy (non-hydrogen) atoms. The van der Waals surface area contributed by atoms with Crippen molar-refractivity contribution in [3.8, 4) is 0 Å². The van der Waals surface area contributed by atoms with E-state index in [-0.39, 0.29) is 11.7 Å². The predicted molar refractivity (Wildman–Crippen MR) is 55.9 cm³/mol. The minimum Gasteiger partial charge on any atom is -0.238 e. The second-order valence-electron chi connectivity index (χ2n) is 3.85. The van der Waals surface area contributed by atoms with E-state index < -0.39 is 0 Å². The molecule has 0 heterocycles. The predicted octanol–water partition coefficient (Wildman–Crippen LogP) is 4.14. The fraction of sp³-hybridized carbons (Fsp3) is 0.417. The van der Waals surface area contributed by atoms with Gasteiger partial charge in [-0.15, -0.1) is 0 Å². The van der Waals surface area contributed by atoms with Crippen molar-refractivity contribution < 1.29 is 4.39 Å². The number of benzene rings is 1. The van der Waals surface area contributed by atoms with E-state index in [1.54, 1.807) is 6.07 Å². The summed E-state index contributed by atoms with van der Waals surface area (Å²) in [6.45, 7) is 13.2.